The molecule has 0 amide bonds. The molecule has 36 heavy (non-hydrogen) atoms. The minimum Gasteiger partial charge on any atom is -0.466 e. The molecule has 0 saturated carbocycles. The van der Waals surface area contributed by atoms with Crippen LogP contribution in [0.15, 0.2) is 0 Å². The molecule has 0 aliphatic carbocycles. The fraction of sp³-hybridized carbons (Fsp3) is 0.971. The van der Waals surface area contributed by atoms with E-state index < -0.39 is 0 Å². The largest absolute Gasteiger partial charge is 0.466 e. The van der Waals surface area contributed by atoms with Crippen LogP contribution in [0.5, 0.6) is 0 Å². The van der Waals surface area contributed by atoms with Crippen molar-refractivity contribution in [1.82, 2.24) is 0 Å². The van der Waals surface area contributed by atoms with Crippen molar-refractivity contribution >= 4 is 5.97 Å². The summed E-state index contributed by atoms with van der Waals surface area (Å²) in [7, 11) is 0. The van der Waals surface area contributed by atoms with Gasteiger partial charge in [0.05, 0.1) is 6.61 Å². The topological polar surface area (TPSA) is 26.3 Å². The number of rotatable bonds is 28. The normalized spacial score (nSPS) is 10.8. The molecule has 0 aromatic carbocycles. The van der Waals surface area contributed by atoms with Gasteiger partial charge in [-0.3, -0.25) is 4.79 Å². The summed E-state index contributed by atoms with van der Waals surface area (Å²) >= 11 is 0. The molecular formula is C34H70O2. The average Bonchev–Trinajstić information content (AvgIpc) is 2.89. The summed E-state index contributed by atoms with van der Waals surface area (Å²) in [5.41, 5.74) is 0. The van der Waals surface area contributed by atoms with Gasteiger partial charge in [0.1, 0.15) is 0 Å². The predicted molar refractivity (Wildman–Crippen MR) is 163 cm³/mol. The van der Waals surface area contributed by atoms with E-state index in [0.29, 0.717) is 13.0 Å². The van der Waals surface area contributed by atoms with Gasteiger partial charge in [-0.15, -0.1) is 0 Å². The number of ether oxygens (including phenoxy) is 1. The number of esters is 1. The van der Waals surface area contributed by atoms with Crippen LogP contribution in [0.25, 0.3) is 0 Å². The van der Waals surface area contributed by atoms with Gasteiger partial charge in [-0.25, -0.2) is 0 Å². The van der Waals surface area contributed by atoms with E-state index in [1.54, 1.807) is 0 Å². The summed E-state index contributed by atoms with van der Waals surface area (Å²) in [6.07, 6.45) is 36.9. The van der Waals surface area contributed by atoms with Gasteiger partial charge in [0.15, 0.2) is 0 Å². The van der Waals surface area contributed by atoms with Gasteiger partial charge in [-0.05, 0) is 12.8 Å². The minimum atomic E-state index is 0.0202. The molecule has 0 bridgehead atoms. The van der Waals surface area contributed by atoms with E-state index in [9.17, 15) is 4.79 Å². The summed E-state index contributed by atoms with van der Waals surface area (Å²) in [5, 5.41) is 0. The van der Waals surface area contributed by atoms with Crippen molar-refractivity contribution in [1.29, 1.82) is 0 Å². The third-order valence-electron chi connectivity index (χ3n) is 7.20. The molecule has 0 unspecified atom stereocenters. The van der Waals surface area contributed by atoms with Crippen molar-refractivity contribution in [3.63, 3.8) is 0 Å². The molecule has 2 nitrogen and oxygen atoms in total. The van der Waals surface area contributed by atoms with Gasteiger partial charge in [0.25, 0.3) is 0 Å². The van der Waals surface area contributed by atoms with Crippen LogP contribution in [0, 0.1) is 0 Å². The van der Waals surface area contributed by atoms with E-state index in [0.717, 1.165) is 12.8 Å². The lowest BCUT2D eigenvalue weighted by atomic mass is 10.1. The lowest BCUT2D eigenvalue weighted by molar-refractivity contribution is -0.143. The van der Waals surface area contributed by atoms with Crippen LogP contribution in [0.4, 0.5) is 0 Å². The van der Waals surface area contributed by atoms with Crippen LogP contribution in [-0.4, -0.2) is 12.6 Å². The standard InChI is InChI=1S/C26H52O2.C8H18/c1-3-5-7-9-11-13-15-16-18-20-22-24-26(27)28-25-23-21-19-17-14-12-10-8-6-4-2;1-3-5-7-8-6-4-2/h3-25H2,1-2H3;3-8H2,1-2H3. The lowest BCUT2D eigenvalue weighted by Crippen LogP contribution is -2.05. The Kier molecular flexibility index (Phi) is 38.3. The highest BCUT2D eigenvalue weighted by Gasteiger charge is 2.02. The highest BCUT2D eigenvalue weighted by Crippen LogP contribution is 2.13. The highest BCUT2D eigenvalue weighted by atomic mass is 16.5. The predicted octanol–water partition coefficient (Wildman–Crippen LogP) is 12.5. The number of hydrogen-bond acceptors (Lipinski definition) is 2. The zero-order valence-corrected chi connectivity index (χ0v) is 25.8. The smallest absolute Gasteiger partial charge is 0.305 e. The zero-order chi connectivity index (χ0) is 26.8. The number of unbranched alkanes of at least 4 members (excludes halogenated alkanes) is 24. The zero-order valence-electron chi connectivity index (χ0n) is 25.8. The van der Waals surface area contributed by atoms with Crippen molar-refractivity contribution in [3.05, 3.63) is 0 Å². The molecule has 0 aliphatic rings. The minimum absolute atomic E-state index is 0.0202. The quantitative estimate of drug-likeness (QED) is 0.0772. The molecule has 0 spiro atoms. The lowest BCUT2D eigenvalue weighted by Gasteiger charge is -2.05. The SMILES string of the molecule is CCCCCCCC.CCCCCCCCCCCCCC(=O)OCCCCCCCCCCCC. The Bertz CT molecular complexity index is 345. The summed E-state index contributed by atoms with van der Waals surface area (Å²) in [5.74, 6) is 0.0202. The molecule has 0 atom stereocenters. The Balaban J connectivity index is 0. The number of carbonyl (C=O) groups is 1. The molecular weight excluding hydrogens is 440 g/mol. The third kappa shape index (κ3) is 38.0. The summed E-state index contributed by atoms with van der Waals surface area (Å²) in [4.78, 5) is 11.7. The Morgan fingerprint density at radius 1 is 0.361 bits per heavy atom. The maximum absolute atomic E-state index is 11.7. The molecule has 2 heteroatoms. The molecule has 0 heterocycles. The van der Waals surface area contributed by atoms with Gasteiger partial charge in [0.2, 0.25) is 0 Å². The van der Waals surface area contributed by atoms with Gasteiger partial charge in [-0.1, -0.05) is 188 Å². The Labute approximate surface area is 229 Å². The number of carbonyl (C=O) groups excluding carboxylic acids is 1. The van der Waals surface area contributed by atoms with Crippen LogP contribution in [0.3, 0.4) is 0 Å². The van der Waals surface area contributed by atoms with E-state index in [2.05, 4.69) is 27.7 Å². The molecule has 0 saturated heterocycles. The Hall–Kier alpha value is -0.530. The van der Waals surface area contributed by atoms with Gasteiger partial charge >= 0.3 is 5.97 Å². The molecule has 0 rings (SSSR count). The first-order valence-electron chi connectivity index (χ1n) is 16.9. The summed E-state index contributed by atoms with van der Waals surface area (Å²) < 4.78 is 5.37. The van der Waals surface area contributed by atoms with Gasteiger partial charge < -0.3 is 4.74 Å². The highest BCUT2D eigenvalue weighted by molar-refractivity contribution is 5.69. The maximum atomic E-state index is 11.7. The molecule has 218 valence electrons. The van der Waals surface area contributed by atoms with Crippen molar-refractivity contribution in [2.75, 3.05) is 6.61 Å². The van der Waals surface area contributed by atoms with E-state index in [1.165, 1.54) is 161 Å². The van der Waals surface area contributed by atoms with Crippen molar-refractivity contribution in [3.8, 4) is 0 Å². The van der Waals surface area contributed by atoms with E-state index >= 15 is 0 Å². The van der Waals surface area contributed by atoms with Gasteiger partial charge in [-0.2, -0.15) is 0 Å². The first-order valence-corrected chi connectivity index (χ1v) is 16.9. The van der Waals surface area contributed by atoms with Crippen LogP contribution >= 0.6 is 0 Å². The molecule has 0 aliphatic heterocycles. The second-order valence-electron chi connectivity index (χ2n) is 11.1. The van der Waals surface area contributed by atoms with E-state index in [1.807, 2.05) is 0 Å². The second-order valence-corrected chi connectivity index (χ2v) is 11.1. The molecule has 0 aromatic heterocycles. The molecule has 0 radical (unpaired) electrons. The Morgan fingerprint density at radius 3 is 0.917 bits per heavy atom. The van der Waals surface area contributed by atoms with Crippen LogP contribution in [0.2, 0.25) is 0 Å². The monoisotopic (exact) mass is 511 g/mol. The first-order chi connectivity index (χ1) is 17.7. The van der Waals surface area contributed by atoms with E-state index in [-0.39, 0.29) is 5.97 Å². The Morgan fingerprint density at radius 2 is 0.611 bits per heavy atom. The average molecular weight is 511 g/mol. The fourth-order valence-corrected chi connectivity index (χ4v) is 4.63. The van der Waals surface area contributed by atoms with Crippen LogP contribution < -0.4 is 0 Å². The van der Waals surface area contributed by atoms with Crippen molar-refractivity contribution in [2.24, 2.45) is 0 Å². The third-order valence-corrected chi connectivity index (χ3v) is 7.20. The number of hydrogen-bond donors (Lipinski definition) is 0. The second kappa shape index (κ2) is 36.6. The van der Waals surface area contributed by atoms with Crippen molar-refractivity contribution in [2.45, 2.75) is 207 Å². The fourth-order valence-electron chi connectivity index (χ4n) is 4.63. The maximum Gasteiger partial charge on any atom is 0.305 e. The van der Waals surface area contributed by atoms with Gasteiger partial charge in [0, 0.05) is 6.42 Å². The summed E-state index contributed by atoms with van der Waals surface area (Å²) in [6.45, 7) is 9.68. The summed E-state index contributed by atoms with van der Waals surface area (Å²) in [6, 6.07) is 0. The van der Waals surface area contributed by atoms with Crippen LogP contribution in [0.1, 0.15) is 207 Å². The van der Waals surface area contributed by atoms with Crippen molar-refractivity contribution < 1.29 is 9.53 Å². The molecule has 0 fully saturated rings. The molecule has 0 N–H and O–H groups in total. The molecule has 0 aromatic rings. The first kappa shape index (κ1) is 37.6. The van der Waals surface area contributed by atoms with Crippen LogP contribution in [-0.2, 0) is 9.53 Å². The van der Waals surface area contributed by atoms with E-state index in [4.69, 9.17) is 4.74 Å².